The van der Waals surface area contributed by atoms with Crippen LogP contribution in [0.2, 0.25) is 0 Å². The Kier molecular flexibility index (Phi) is 7.28. The summed E-state index contributed by atoms with van der Waals surface area (Å²) in [5.74, 6) is 1.57. The van der Waals surface area contributed by atoms with E-state index >= 15 is 0 Å². The zero-order valence-corrected chi connectivity index (χ0v) is 21.6. The maximum Gasteiger partial charge on any atom is 0.243 e. The van der Waals surface area contributed by atoms with Gasteiger partial charge in [0, 0.05) is 28.8 Å². The second kappa shape index (κ2) is 10.8. The van der Waals surface area contributed by atoms with Gasteiger partial charge in [-0.2, -0.15) is 0 Å². The van der Waals surface area contributed by atoms with Gasteiger partial charge in [-0.05, 0) is 73.4 Å². The summed E-state index contributed by atoms with van der Waals surface area (Å²) in [7, 11) is 0. The highest BCUT2D eigenvalue weighted by molar-refractivity contribution is 7.10. The molecule has 0 spiro atoms. The molecule has 0 unspecified atom stereocenters. The number of amidine groups is 1. The van der Waals surface area contributed by atoms with Crippen LogP contribution in [-0.2, 0) is 21.5 Å². The first-order valence-corrected chi connectivity index (χ1v) is 13.6. The third-order valence-electron chi connectivity index (χ3n) is 7.39. The molecule has 3 aromatic rings. The number of nitrogens with one attached hydrogen (secondary N) is 2. The van der Waals surface area contributed by atoms with Gasteiger partial charge >= 0.3 is 0 Å². The fraction of sp³-hybridized carbons (Fsp3) is 0.345. The van der Waals surface area contributed by atoms with Crippen LogP contribution in [0.15, 0.2) is 66.0 Å². The van der Waals surface area contributed by atoms with E-state index in [0.717, 1.165) is 42.1 Å². The minimum atomic E-state index is -0.413. The Labute approximate surface area is 221 Å². The highest BCUT2D eigenvalue weighted by Gasteiger charge is 2.45. The number of nitrogen functional groups attached to an aromatic ring is 1. The zero-order chi connectivity index (χ0) is 25.8. The number of rotatable bonds is 10. The van der Waals surface area contributed by atoms with E-state index in [-0.39, 0.29) is 23.1 Å². The van der Waals surface area contributed by atoms with Crippen LogP contribution in [-0.4, -0.2) is 35.1 Å². The summed E-state index contributed by atoms with van der Waals surface area (Å²) in [5, 5.41) is 12.3. The maximum atomic E-state index is 13.2. The van der Waals surface area contributed by atoms with Crippen molar-refractivity contribution in [1.82, 2.24) is 10.2 Å². The Hall–Kier alpha value is -3.65. The van der Waals surface area contributed by atoms with Crippen molar-refractivity contribution in [2.75, 3.05) is 6.54 Å². The van der Waals surface area contributed by atoms with Gasteiger partial charge in [0.1, 0.15) is 23.4 Å². The van der Waals surface area contributed by atoms with Crippen molar-refractivity contribution in [1.29, 1.82) is 5.41 Å². The number of carbonyl (C=O) groups excluding carboxylic acids is 2. The van der Waals surface area contributed by atoms with Crippen LogP contribution in [0, 0.1) is 5.41 Å². The molecule has 1 aliphatic carbocycles. The molecular weight excluding hydrogens is 484 g/mol. The van der Waals surface area contributed by atoms with E-state index in [2.05, 4.69) is 17.4 Å². The Balaban J connectivity index is 1.13. The number of nitrogens with zero attached hydrogens (tertiary/aromatic N) is 1. The van der Waals surface area contributed by atoms with Crippen molar-refractivity contribution in [2.24, 2.45) is 5.73 Å². The molecule has 7 nitrogen and oxygen atoms in total. The van der Waals surface area contributed by atoms with E-state index in [1.807, 2.05) is 53.9 Å². The molecule has 192 valence electrons. The number of thiophene rings is 1. The lowest BCUT2D eigenvalue weighted by Crippen LogP contribution is -2.45. The van der Waals surface area contributed by atoms with Crippen molar-refractivity contribution in [3.05, 3.63) is 82.0 Å². The first-order chi connectivity index (χ1) is 17.9. The second-order valence-electron chi connectivity index (χ2n) is 9.90. The number of carbonyl (C=O) groups is 2. The largest absolute Gasteiger partial charge is 0.457 e. The fourth-order valence-electron chi connectivity index (χ4n) is 5.07. The van der Waals surface area contributed by atoms with Crippen LogP contribution in [0.5, 0.6) is 11.5 Å². The Bertz CT molecular complexity index is 1270. The smallest absolute Gasteiger partial charge is 0.243 e. The third-order valence-corrected chi connectivity index (χ3v) is 8.33. The molecule has 0 radical (unpaired) electrons. The van der Waals surface area contributed by atoms with Crippen molar-refractivity contribution < 1.29 is 14.3 Å². The lowest BCUT2D eigenvalue weighted by atomic mass is 9.90. The quantitative estimate of drug-likeness (QED) is 0.262. The van der Waals surface area contributed by atoms with Gasteiger partial charge in [0.2, 0.25) is 11.8 Å². The average molecular weight is 517 g/mol. The molecule has 5 rings (SSSR count). The first-order valence-electron chi connectivity index (χ1n) is 12.8. The van der Waals surface area contributed by atoms with E-state index in [1.54, 1.807) is 4.90 Å². The Morgan fingerprint density at radius 3 is 2.51 bits per heavy atom. The average Bonchev–Trinajstić information content (AvgIpc) is 3.29. The molecular formula is C29H32N4O3S. The van der Waals surface area contributed by atoms with Crippen molar-refractivity contribution in [3.63, 3.8) is 0 Å². The Morgan fingerprint density at radius 2 is 1.84 bits per heavy atom. The molecule has 1 saturated heterocycles. The summed E-state index contributed by atoms with van der Waals surface area (Å²) in [6.07, 6.45) is 4.91. The predicted octanol–water partition coefficient (Wildman–Crippen LogP) is 4.94. The third kappa shape index (κ3) is 5.85. The lowest BCUT2D eigenvalue weighted by molar-refractivity contribution is -0.138. The number of likely N-dealkylation sites (tertiary alicyclic amines) is 1. The summed E-state index contributed by atoms with van der Waals surface area (Å²) < 4.78 is 5.91. The number of hydrogen-bond acceptors (Lipinski definition) is 5. The number of amides is 2. The van der Waals surface area contributed by atoms with E-state index in [0.29, 0.717) is 31.5 Å². The molecule has 1 aliphatic heterocycles. The van der Waals surface area contributed by atoms with Gasteiger partial charge in [-0.1, -0.05) is 30.3 Å². The van der Waals surface area contributed by atoms with Gasteiger partial charge in [-0.3, -0.25) is 15.0 Å². The second-order valence-corrected chi connectivity index (χ2v) is 10.9. The van der Waals surface area contributed by atoms with Crippen LogP contribution in [0.25, 0.3) is 0 Å². The molecule has 2 heterocycles. The van der Waals surface area contributed by atoms with Gasteiger partial charge in [0.25, 0.3) is 0 Å². The fourth-order valence-corrected chi connectivity index (χ4v) is 5.89. The Morgan fingerprint density at radius 1 is 1.11 bits per heavy atom. The molecule has 37 heavy (non-hydrogen) atoms. The highest BCUT2D eigenvalue weighted by atomic mass is 32.1. The molecule has 1 aromatic heterocycles. The van der Waals surface area contributed by atoms with Gasteiger partial charge in [0.15, 0.2) is 0 Å². The normalized spacial score (nSPS) is 17.8. The monoisotopic (exact) mass is 516 g/mol. The van der Waals surface area contributed by atoms with Crippen LogP contribution < -0.4 is 15.8 Å². The minimum Gasteiger partial charge on any atom is -0.457 e. The minimum absolute atomic E-state index is 0.0197. The number of hydrogen-bond donors (Lipinski definition) is 3. The van der Waals surface area contributed by atoms with Crippen LogP contribution >= 0.6 is 11.3 Å². The number of ether oxygens (including phenoxy) is 1. The van der Waals surface area contributed by atoms with E-state index < -0.39 is 6.04 Å². The van der Waals surface area contributed by atoms with E-state index in [4.69, 9.17) is 15.9 Å². The number of nitrogens with two attached hydrogens (primary N) is 1. The summed E-state index contributed by atoms with van der Waals surface area (Å²) in [6.45, 7) is 1.01. The van der Waals surface area contributed by atoms with Crippen LogP contribution in [0.4, 0.5) is 0 Å². The summed E-state index contributed by atoms with van der Waals surface area (Å²) in [5.41, 5.74) is 7.48. The topological polar surface area (TPSA) is 109 Å². The molecule has 8 heteroatoms. The summed E-state index contributed by atoms with van der Waals surface area (Å²) in [6, 6.07) is 19.4. The molecule has 4 N–H and O–H groups in total. The zero-order valence-electron chi connectivity index (χ0n) is 20.7. The molecule has 1 saturated carbocycles. The van der Waals surface area contributed by atoms with Crippen molar-refractivity contribution in [3.8, 4) is 11.5 Å². The van der Waals surface area contributed by atoms with Crippen molar-refractivity contribution >= 4 is 29.0 Å². The van der Waals surface area contributed by atoms with Gasteiger partial charge in [0.05, 0.1) is 6.54 Å². The summed E-state index contributed by atoms with van der Waals surface area (Å²) in [4.78, 5) is 28.8. The van der Waals surface area contributed by atoms with Crippen LogP contribution in [0.3, 0.4) is 0 Å². The predicted molar refractivity (Wildman–Crippen MR) is 145 cm³/mol. The standard InChI is InChI=1S/C29H32N4O3S/c30-27(31)20-17-24(37-19-20)18-32-28(35)25-7-4-16-33(25)26(34)12-13-29(14-15-29)21-8-10-23(11-9-21)36-22-5-2-1-3-6-22/h1-3,5-6,8-11,17,19,25H,4,7,12-16,18H2,(H3,30,31)(H,32,35)/t25-/m0/s1. The molecule has 2 amide bonds. The lowest BCUT2D eigenvalue weighted by Gasteiger charge is -2.25. The number of benzene rings is 2. The molecule has 0 bridgehead atoms. The highest BCUT2D eigenvalue weighted by Crippen LogP contribution is 2.52. The SMILES string of the molecule is N=C(N)c1csc(CNC(=O)[C@@H]2CCCN2C(=O)CCC2(c3ccc(Oc4ccccc4)cc3)CC2)c1. The van der Waals surface area contributed by atoms with Crippen LogP contribution in [0.1, 0.15) is 54.5 Å². The summed E-state index contributed by atoms with van der Waals surface area (Å²) >= 11 is 1.46. The molecule has 2 fully saturated rings. The maximum absolute atomic E-state index is 13.2. The van der Waals surface area contributed by atoms with Gasteiger partial charge in [-0.15, -0.1) is 11.3 Å². The first kappa shape index (κ1) is 25.0. The molecule has 2 aromatic carbocycles. The number of para-hydroxylation sites is 1. The molecule has 2 aliphatic rings. The van der Waals surface area contributed by atoms with Crippen molar-refractivity contribution in [2.45, 2.75) is 56.5 Å². The van der Waals surface area contributed by atoms with Gasteiger partial charge < -0.3 is 20.7 Å². The van der Waals surface area contributed by atoms with E-state index in [9.17, 15) is 9.59 Å². The molecule has 1 atom stereocenters. The van der Waals surface area contributed by atoms with E-state index in [1.165, 1.54) is 16.9 Å². The van der Waals surface area contributed by atoms with Gasteiger partial charge in [-0.25, -0.2) is 0 Å².